The molecule has 0 bridgehead atoms. The van der Waals surface area contributed by atoms with Crippen LogP contribution in [0.4, 0.5) is 11.4 Å². The number of nitrogens with two attached hydrogens (primary N) is 1. The first kappa shape index (κ1) is 13.5. The minimum absolute atomic E-state index is 0.0198. The Morgan fingerprint density at radius 3 is 3.05 bits per heavy atom. The zero-order valence-electron chi connectivity index (χ0n) is 10.7. The molecule has 1 aromatic carbocycles. The van der Waals surface area contributed by atoms with E-state index in [0.717, 1.165) is 11.3 Å². The topological polar surface area (TPSA) is 93.4 Å². The Hall–Kier alpha value is -1.92. The number of aryl methyl sites for hydroxylation is 1. The molecule has 0 saturated heterocycles. The molecule has 1 heterocycles. The Bertz CT molecular complexity index is 502. The number of methoxy groups -OCH3 is 1. The highest BCUT2D eigenvalue weighted by Gasteiger charge is 2.17. The molecule has 2 amide bonds. The number of carbonyl (C=O) groups excluding carboxylic acids is 2. The number of nitrogens with one attached hydrogen (secondary N) is 2. The second-order valence-corrected chi connectivity index (χ2v) is 4.47. The van der Waals surface area contributed by atoms with E-state index in [4.69, 9.17) is 10.5 Å². The molecule has 1 unspecified atom stereocenters. The molecule has 19 heavy (non-hydrogen) atoms. The lowest BCUT2D eigenvalue weighted by molar-refractivity contribution is -0.118. The van der Waals surface area contributed by atoms with Crippen molar-refractivity contribution in [1.29, 1.82) is 0 Å². The predicted octanol–water partition coefficient (Wildman–Crippen LogP) is 0.483. The first-order chi connectivity index (χ1) is 9.10. The number of ether oxygens (including phenoxy) is 1. The molecule has 1 atom stereocenters. The van der Waals surface area contributed by atoms with Crippen LogP contribution in [0, 0.1) is 0 Å². The highest BCUT2D eigenvalue weighted by Crippen LogP contribution is 2.25. The smallest absolute Gasteiger partial charge is 0.243 e. The van der Waals surface area contributed by atoms with Gasteiger partial charge in [-0.2, -0.15) is 0 Å². The first-order valence-corrected chi connectivity index (χ1v) is 6.08. The Kier molecular flexibility index (Phi) is 4.13. The molecular weight excluding hydrogens is 246 g/mol. The second-order valence-electron chi connectivity index (χ2n) is 4.47. The molecule has 0 aromatic heterocycles. The quantitative estimate of drug-likeness (QED) is 0.736. The van der Waals surface area contributed by atoms with Crippen LogP contribution in [0.3, 0.4) is 0 Å². The summed E-state index contributed by atoms with van der Waals surface area (Å²) in [6.45, 7) is 0.173. The third-order valence-corrected chi connectivity index (χ3v) is 2.95. The van der Waals surface area contributed by atoms with Gasteiger partial charge in [0.2, 0.25) is 11.8 Å². The molecule has 0 aliphatic carbocycles. The number of fused-ring (bicyclic) bond motifs is 1. The van der Waals surface area contributed by atoms with E-state index >= 15 is 0 Å². The Morgan fingerprint density at radius 2 is 2.32 bits per heavy atom. The third kappa shape index (κ3) is 3.30. The minimum Gasteiger partial charge on any atom is -0.383 e. The van der Waals surface area contributed by atoms with Crippen LogP contribution < -0.4 is 16.4 Å². The lowest BCUT2D eigenvalue weighted by Gasteiger charge is -2.18. The van der Waals surface area contributed by atoms with Gasteiger partial charge in [0.15, 0.2) is 0 Å². The Morgan fingerprint density at radius 1 is 1.53 bits per heavy atom. The number of rotatable bonds is 4. The second kappa shape index (κ2) is 5.81. The van der Waals surface area contributed by atoms with Crippen molar-refractivity contribution >= 4 is 23.2 Å². The molecule has 6 nitrogen and oxygen atoms in total. The van der Waals surface area contributed by atoms with E-state index in [1.54, 1.807) is 12.1 Å². The van der Waals surface area contributed by atoms with Gasteiger partial charge in [-0.05, 0) is 30.2 Å². The van der Waals surface area contributed by atoms with Crippen LogP contribution in [0.25, 0.3) is 0 Å². The summed E-state index contributed by atoms with van der Waals surface area (Å²) in [5.41, 5.74) is 8.12. The average molecular weight is 263 g/mol. The van der Waals surface area contributed by atoms with Crippen molar-refractivity contribution in [2.75, 3.05) is 24.4 Å². The summed E-state index contributed by atoms with van der Waals surface area (Å²) in [6, 6.07) is 4.68. The van der Waals surface area contributed by atoms with Crippen LogP contribution in [0.2, 0.25) is 0 Å². The van der Waals surface area contributed by atoms with Crippen LogP contribution >= 0.6 is 0 Å². The fraction of sp³-hybridized carbons (Fsp3) is 0.385. The van der Waals surface area contributed by atoms with Gasteiger partial charge >= 0.3 is 0 Å². The standard InChI is InChI=1S/C13H17N3O3/c1-19-7-10(14)13(18)15-9-3-4-11-8(6-9)2-5-12(17)16-11/h3-4,6,10H,2,5,7,14H2,1H3,(H,15,18)(H,16,17). The first-order valence-electron chi connectivity index (χ1n) is 6.08. The molecule has 1 aliphatic heterocycles. The number of benzene rings is 1. The summed E-state index contributed by atoms with van der Waals surface area (Å²) in [4.78, 5) is 23.0. The predicted molar refractivity (Wildman–Crippen MR) is 71.9 cm³/mol. The maximum absolute atomic E-state index is 11.7. The molecule has 102 valence electrons. The number of hydrogen-bond donors (Lipinski definition) is 3. The highest BCUT2D eigenvalue weighted by atomic mass is 16.5. The van der Waals surface area contributed by atoms with E-state index in [1.807, 2.05) is 6.07 Å². The van der Waals surface area contributed by atoms with Gasteiger partial charge in [-0.3, -0.25) is 9.59 Å². The molecule has 2 rings (SSSR count). The van der Waals surface area contributed by atoms with Crippen LogP contribution in [-0.4, -0.2) is 31.6 Å². The van der Waals surface area contributed by atoms with Gasteiger partial charge < -0.3 is 21.1 Å². The lowest BCUT2D eigenvalue weighted by Crippen LogP contribution is -2.39. The van der Waals surface area contributed by atoms with Gasteiger partial charge in [0.1, 0.15) is 6.04 Å². The van der Waals surface area contributed by atoms with Crippen LogP contribution in [0.5, 0.6) is 0 Å². The Balaban J connectivity index is 2.06. The largest absolute Gasteiger partial charge is 0.383 e. The zero-order valence-corrected chi connectivity index (χ0v) is 10.7. The summed E-state index contributed by atoms with van der Waals surface area (Å²) >= 11 is 0. The maximum Gasteiger partial charge on any atom is 0.243 e. The SMILES string of the molecule is COCC(N)C(=O)Nc1ccc2c(c1)CCC(=O)N2. The van der Waals surface area contributed by atoms with Crippen LogP contribution in [0.15, 0.2) is 18.2 Å². The van der Waals surface area contributed by atoms with Gasteiger partial charge in [0.05, 0.1) is 6.61 Å². The van der Waals surface area contributed by atoms with Crippen molar-refractivity contribution < 1.29 is 14.3 Å². The third-order valence-electron chi connectivity index (χ3n) is 2.95. The maximum atomic E-state index is 11.7. The number of anilines is 2. The van der Waals surface area contributed by atoms with Gasteiger partial charge in [0.25, 0.3) is 0 Å². The van der Waals surface area contributed by atoms with Crippen LogP contribution in [-0.2, 0) is 20.7 Å². The van der Waals surface area contributed by atoms with E-state index in [-0.39, 0.29) is 18.4 Å². The molecule has 0 spiro atoms. The molecule has 1 aliphatic rings. The van der Waals surface area contributed by atoms with Crippen molar-refractivity contribution in [2.45, 2.75) is 18.9 Å². The molecular formula is C13H17N3O3. The van der Waals surface area contributed by atoms with Crippen molar-refractivity contribution in [3.63, 3.8) is 0 Å². The zero-order chi connectivity index (χ0) is 13.8. The fourth-order valence-electron chi connectivity index (χ4n) is 1.95. The lowest BCUT2D eigenvalue weighted by atomic mass is 10.0. The normalized spacial score (nSPS) is 15.4. The van der Waals surface area contributed by atoms with E-state index in [2.05, 4.69) is 10.6 Å². The summed E-state index contributed by atoms with van der Waals surface area (Å²) in [6.07, 6.45) is 1.14. The van der Waals surface area contributed by atoms with E-state index in [1.165, 1.54) is 7.11 Å². The molecule has 6 heteroatoms. The van der Waals surface area contributed by atoms with Crippen molar-refractivity contribution in [3.05, 3.63) is 23.8 Å². The van der Waals surface area contributed by atoms with E-state index < -0.39 is 6.04 Å². The van der Waals surface area contributed by atoms with Crippen molar-refractivity contribution in [2.24, 2.45) is 5.73 Å². The highest BCUT2D eigenvalue weighted by molar-refractivity contribution is 5.97. The summed E-state index contributed by atoms with van der Waals surface area (Å²) in [7, 11) is 1.49. The van der Waals surface area contributed by atoms with Gasteiger partial charge in [-0.15, -0.1) is 0 Å². The van der Waals surface area contributed by atoms with Crippen molar-refractivity contribution in [3.8, 4) is 0 Å². The molecule has 4 N–H and O–H groups in total. The Labute approximate surface area is 111 Å². The van der Waals surface area contributed by atoms with Crippen molar-refractivity contribution in [1.82, 2.24) is 0 Å². The minimum atomic E-state index is -0.694. The summed E-state index contributed by atoms with van der Waals surface area (Å²) in [5, 5.41) is 5.52. The van der Waals surface area contributed by atoms with Gasteiger partial charge in [-0.1, -0.05) is 0 Å². The van der Waals surface area contributed by atoms with Crippen LogP contribution in [0.1, 0.15) is 12.0 Å². The van der Waals surface area contributed by atoms with Gasteiger partial charge in [0, 0.05) is 24.9 Å². The van der Waals surface area contributed by atoms with E-state index in [9.17, 15) is 9.59 Å². The molecule has 1 aromatic rings. The summed E-state index contributed by atoms with van der Waals surface area (Å²) < 4.78 is 4.83. The summed E-state index contributed by atoms with van der Waals surface area (Å²) in [5.74, 6) is -0.270. The molecule has 0 radical (unpaired) electrons. The molecule has 0 fully saturated rings. The fourth-order valence-corrected chi connectivity index (χ4v) is 1.95. The molecule has 0 saturated carbocycles. The number of amides is 2. The number of carbonyl (C=O) groups is 2. The number of hydrogen-bond acceptors (Lipinski definition) is 4. The average Bonchev–Trinajstić information content (AvgIpc) is 2.39. The monoisotopic (exact) mass is 263 g/mol. The van der Waals surface area contributed by atoms with E-state index in [0.29, 0.717) is 18.5 Å². The van der Waals surface area contributed by atoms with Gasteiger partial charge in [-0.25, -0.2) is 0 Å².